The SMILES string of the molecule is Cc1c(Cl)cccc1NS(=O)(=O)c1ccc(NC(=O)CN(c2ccc(Cl)c(Cl)c2)S(C)(=O)=O)cc1. The number of anilines is 3. The first kappa shape index (κ1) is 27.1. The van der Waals surface area contributed by atoms with E-state index in [0.717, 1.165) is 10.6 Å². The smallest absolute Gasteiger partial charge is 0.261 e. The highest BCUT2D eigenvalue weighted by molar-refractivity contribution is 7.92. The summed E-state index contributed by atoms with van der Waals surface area (Å²) in [6.07, 6.45) is 0.955. The van der Waals surface area contributed by atoms with Crippen molar-refractivity contribution in [2.45, 2.75) is 11.8 Å². The first-order chi connectivity index (χ1) is 16.3. The van der Waals surface area contributed by atoms with Crippen LogP contribution < -0.4 is 14.3 Å². The van der Waals surface area contributed by atoms with E-state index >= 15 is 0 Å². The van der Waals surface area contributed by atoms with Crippen LogP contribution in [0.5, 0.6) is 0 Å². The van der Waals surface area contributed by atoms with Gasteiger partial charge in [-0.3, -0.25) is 13.8 Å². The van der Waals surface area contributed by atoms with Gasteiger partial charge < -0.3 is 5.32 Å². The maximum atomic E-state index is 12.7. The Labute approximate surface area is 218 Å². The second kappa shape index (κ2) is 10.6. The summed E-state index contributed by atoms with van der Waals surface area (Å²) in [5.41, 5.74) is 1.37. The van der Waals surface area contributed by atoms with Gasteiger partial charge in [0.2, 0.25) is 15.9 Å². The number of rotatable bonds is 8. The fourth-order valence-corrected chi connectivity index (χ4v) is 5.45. The molecule has 0 atom stereocenters. The molecule has 0 aliphatic carbocycles. The molecular weight excluding hydrogens is 557 g/mol. The molecule has 3 rings (SSSR count). The number of hydrogen-bond acceptors (Lipinski definition) is 5. The highest BCUT2D eigenvalue weighted by Gasteiger charge is 2.22. The molecule has 2 N–H and O–H groups in total. The van der Waals surface area contributed by atoms with Crippen molar-refractivity contribution >= 4 is 77.8 Å². The number of sulfonamides is 2. The first-order valence-corrected chi connectivity index (χ1v) is 14.3. The number of benzene rings is 3. The zero-order valence-electron chi connectivity index (χ0n) is 18.4. The molecule has 8 nitrogen and oxygen atoms in total. The minimum Gasteiger partial charge on any atom is -0.325 e. The molecule has 0 radical (unpaired) electrons. The molecule has 13 heteroatoms. The zero-order chi connectivity index (χ0) is 26.0. The van der Waals surface area contributed by atoms with Crippen LogP contribution in [0.1, 0.15) is 5.56 Å². The van der Waals surface area contributed by atoms with Crippen molar-refractivity contribution in [1.82, 2.24) is 0 Å². The number of nitrogens with zero attached hydrogens (tertiary/aromatic N) is 1. The third kappa shape index (κ3) is 6.80. The highest BCUT2D eigenvalue weighted by atomic mass is 35.5. The van der Waals surface area contributed by atoms with Gasteiger partial charge in [0.25, 0.3) is 10.0 Å². The minimum absolute atomic E-state index is 0.0385. The maximum absolute atomic E-state index is 12.7. The fourth-order valence-electron chi connectivity index (χ4n) is 3.01. The van der Waals surface area contributed by atoms with Crippen molar-refractivity contribution in [3.8, 4) is 0 Å². The van der Waals surface area contributed by atoms with E-state index < -0.39 is 32.5 Å². The number of carbonyl (C=O) groups excluding carboxylic acids is 1. The lowest BCUT2D eigenvalue weighted by Gasteiger charge is -2.22. The van der Waals surface area contributed by atoms with E-state index in [1.54, 1.807) is 25.1 Å². The predicted molar refractivity (Wildman–Crippen MR) is 141 cm³/mol. The summed E-state index contributed by atoms with van der Waals surface area (Å²) in [6, 6.07) is 14.5. The van der Waals surface area contributed by atoms with Crippen LogP contribution in [-0.2, 0) is 24.8 Å². The summed E-state index contributed by atoms with van der Waals surface area (Å²) < 4.78 is 53.3. The fraction of sp³-hybridized carbons (Fsp3) is 0.136. The van der Waals surface area contributed by atoms with Gasteiger partial charge in [-0.25, -0.2) is 16.8 Å². The second-order valence-electron chi connectivity index (χ2n) is 7.46. The molecule has 3 aromatic carbocycles. The normalized spacial score (nSPS) is 11.7. The molecule has 1 amide bonds. The minimum atomic E-state index is -3.91. The van der Waals surface area contributed by atoms with Gasteiger partial charge in [0.05, 0.1) is 32.6 Å². The Balaban J connectivity index is 1.74. The molecule has 0 unspecified atom stereocenters. The van der Waals surface area contributed by atoms with Crippen LogP contribution in [0, 0.1) is 6.92 Å². The Morgan fingerprint density at radius 1 is 0.886 bits per heavy atom. The van der Waals surface area contributed by atoms with Gasteiger partial charge >= 0.3 is 0 Å². The third-order valence-corrected chi connectivity index (χ3v) is 8.51. The Bertz CT molecular complexity index is 1480. The molecule has 0 bridgehead atoms. The molecule has 0 saturated heterocycles. The molecule has 0 aromatic heterocycles. The highest BCUT2D eigenvalue weighted by Crippen LogP contribution is 2.29. The van der Waals surface area contributed by atoms with Crippen LogP contribution in [0.4, 0.5) is 17.1 Å². The Hall–Kier alpha value is -2.50. The number of carbonyl (C=O) groups is 1. The van der Waals surface area contributed by atoms with Crippen LogP contribution >= 0.6 is 34.8 Å². The molecule has 0 saturated carbocycles. The third-order valence-electron chi connectivity index (χ3n) is 4.84. The standard InChI is InChI=1S/C22H20Cl3N3O5S2/c1-14-18(23)4-3-5-21(14)27-35(32,33)17-9-6-15(7-10-17)26-22(29)13-28(34(2,30)31)16-8-11-19(24)20(25)12-16/h3-12,27H,13H2,1-2H3,(H,26,29). The lowest BCUT2D eigenvalue weighted by molar-refractivity contribution is -0.114. The number of halogens is 3. The van der Waals surface area contributed by atoms with Crippen molar-refractivity contribution < 1.29 is 21.6 Å². The summed E-state index contributed by atoms with van der Waals surface area (Å²) in [5, 5.41) is 3.35. The molecular formula is C22H20Cl3N3O5S2. The predicted octanol–water partition coefficient (Wildman–Crippen LogP) is 5.16. The van der Waals surface area contributed by atoms with Gasteiger partial charge in [0.15, 0.2) is 0 Å². The monoisotopic (exact) mass is 575 g/mol. The van der Waals surface area contributed by atoms with E-state index in [2.05, 4.69) is 10.0 Å². The first-order valence-electron chi connectivity index (χ1n) is 9.88. The number of nitrogens with one attached hydrogen (secondary N) is 2. The van der Waals surface area contributed by atoms with Gasteiger partial charge in [0, 0.05) is 10.7 Å². The van der Waals surface area contributed by atoms with Gasteiger partial charge in [0.1, 0.15) is 6.54 Å². The summed E-state index contributed by atoms with van der Waals surface area (Å²) in [7, 11) is -7.74. The number of hydrogen-bond donors (Lipinski definition) is 2. The van der Waals surface area contributed by atoms with Crippen molar-refractivity contribution in [2.24, 2.45) is 0 Å². The number of amides is 1. The molecule has 186 valence electrons. The van der Waals surface area contributed by atoms with Crippen molar-refractivity contribution in [3.05, 3.63) is 81.3 Å². The summed E-state index contributed by atoms with van der Waals surface area (Å²) >= 11 is 17.9. The van der Waals surface area contributed by atoms with Crippen LogP contribution in [-0.4, -0.2) is 35.5 Å². The molecule has 0 spiro atoms. The average molecular weight is 577 g/mol. The molecule has 0 fully saturated rings. The molecule has 35 heavy (non-hydrogen) atoms. The second-order valence-corrected chi connectivity index (χ2v) is 12.3. The summed E-state index contributed by atoms with van der Waals surface area (Å²) in [4.78, 5) is 12.5. The van der Waals surface area contributed by atoms with E-state index in [1.165, 1.54) is 42.5 Å². The van der Waals surface area contributed by atoms with Gasteiger partial charge in [-0.05, 0) is 67.1 Å². The van der Waals surface area contributed by atoms with Crippen molar-refractivity contribution in [1.29, 1.82) is 0 Å². The summed E-state index contributed by atoms with van der Waals surface area (Å²) in [5.74, 6) is -0.648. The molecule has 0 aliphatic rings. The average Bonchev–Trinajstić information content (AvgIpc) is 2.77. The van der Waals surface area contributed by atoms with Crippen LogP contribution in [0.3, 0.4) is 0 Å². The summed E-state index contributed by atoms with van der Waals surface area (Å²) in [6.45, 7) is 1.16. The van der Waals surface area contributed by atoms with E-state index in [-0.39, 0.29) is 26.3 Å². The van der Waals surface area contributed by atoms with E-state index in [9.17, 15) is 21.6 Å². The molecule has 3 aromatic rings. The van der Waals surface area contributed by atoms with E-state index in [4.69, 9.17) is 34.8 Å². The van der Waals surface area contributed by atoms with Crippen LogP contribution in [0.25, 0.3) is 0 Å². The Morgan fingerprint density at radius 3 is 2.14 bits per heavy atom. The lowest BCUT2D eigenvalue weighted by Crippen LogP contribution is -2.37. The van der Waals surface area contributed by atoms with Crippen molar-refractivity contribution in [3.63, 3.8) is 0 Å². The Morgan fingerprint density at radius 2 is 1.54 bits per heavy atom. The van der Waals surface area contributed by atoms with Crippen LogP contribution in [0.2, 0.25) is 15.1 Å². The quantitative estimate of drug-likeness (QED) is 0.385. The van der Waals surface area contributed by atoms with Gasteiger partial charge in [-0.2, -0.15) is 0 Å². The van der Waals surface area contributed by atoms with Crippen molar-refractivity contribution in [2.75, 3.05) is 27.1 Å². The Kier molecular flexibility index (Phi) is 8.23. The van der Waals surface area contributed by atoms with Gasteiger partial charge in [-0.15, -0.1) is 0 Å². The maximum Gasteiger partial charge on any atom is 0.261 e. The lowest BCUT2D eigenvalue weighted by atomic mass is 10.2. The van der Waals surface area contributed by atoms with E-state index in [0.29, 0.717) is 16.3 Å². The zero-order valence-corrected chi connectivity index (χ0v) is 22.3. The van der Waals surface area contributed by atoms with E-state index in [1.807, 2.05) is 0 Å². The van der Waals surface area contributed by atoms with Crippen LogP contribution in [0.15, 0.2) is 65.6 Å². The molecule has 0 aliphatic heterocycles. The topological polar surface area (TPSA) is 113 Å². The molecule has 0 heterocycles. The largest absolute Gasteiger partial charge is 0.325 e. The van der Waals surface area contributed by atoms with Gasteiger partial charge in [-0.1, -0.05) is 40.9 Å².